The molecule has 0 aliphatic rings. The van der Waals surface area contributed by atoms with E-state index < -0.39 is 5.41 Å². The van der Waals surface area contributed by atoms with Gasteiger partial charge in [-0.15, -0.1) is 0 Å². The predicted octanol–water partition coefficient (Wildman–Crippen LogP) is 2.58. The summed E-state index contributed by atoms with van der Waals surface area (Å²) in [6.45, 7) is 6.15. The molecule has 0 saturated carbocycles. The van der Waals surface area contributed by atoms with Crippen LogP contribution >= 0.6 is 0 Å². The first-order valence-electron chi connectivity index (χ1n) is 6.88. The van der Waals surface area contributed by atoms with Crippen molar-refractivity contribution < 1.29 is 0 Å². The Kier molecular flexibility index (Phi) is 3.93. The normalized spacial score (nSPS) is 13.9. The van der Waals surface area contributed by atoms with Crippen LogP contribution in [0.5, 0.6) is 0 Å². The van der Waals surface area contributed by atoms with Gasteiger partial charge in [0, 0.05) is 18.0 Å². The van der Waals surface area contributed by atoms with Gasteiger partial charge in [-0.05, 0) is 24.0 Å². The van der Waals surface area contributed by atoms with Crippen LogP contribution in [0.25, 0.3) is 11.1 Å². The van der Waals surface area contributed by atoms with Crippen LogP contribution in [0.2, 0.25) is 0 Å². The van der Waals surface area contributed by atoms with Crippen molar-refractivity contribution >= 4 is 11.8 Å². The summed E-state index contributed by atoms with van der Waals surface area (Å²) in [7, 11) is 0. The quantitative estimate of drug-likeness (QED) is 0.592. The standard InChI is InChI=1S/C16H21N5/c1-10(2)16(3,14(17)18)13-6-4-11(5-7-13)12-8-20-15(19)21-9-12/h4-10H,1-3H3,(H3,17,18)(H2,19,20,21). The summed E-state index contributed by atoms with van der Waals surface area (Å²) in [6.07, 6.45) is 3.40. The molecule has 2 aromatic rings. The molecule has 0 aliphatic heterocycles. The van der Waals surface area contributed by atoms with Crippen LogP contribution in [0, 0.1) is 11.3 Å². The zero-order valence-electron chi connectivity index (χ0n) is 12.6. The minimum atomic E-state index is -0.462. The van der Waals surface area contributed by atoms with Gasteiger partial charge in [-0.3, -0.25) is 5.41 Å². The summed E-state index contributed by atoms with van der Waals surface area (Å²) in [4.78, 5) is 7.99. The average molecular weight is 283 g/mol. The maximum absolute atomic E-state index is 7.90. The molecule has 5 heteroatoms. The van der Waals surface area contributed by atoms with Crippen molar-refractivity contribution in [2.45, 2.75) is 26.2 Å². The molecule has 0 bridgehead atoms. The zero-order chi connectivity index (χ0) is 15.6. The van der Waals surface area contributed by atoms with Gasteiger partial charge >= 0.3 is 0 Å². The number of benzene rings is 1. The Morgan fingerprint density at radius 2 is 1.62 bits per heavy atom. The van der Waals surface area contributed by atoms with Crippen molar-refractivity contribution in [3.8, 4) is 11.1 Å². The van der Waals surface area contributed by atoms with Gasteiger partial charge in [0.05, 0.1) is 5.41 Å². The maximum atomic E-state index is 7.90. The molecule has 5 N–H and O–H groups in total. The molecule has 0 radical (unpaired) electrons. The molecule has 0 fully saturated rings. The Hall–Kier alpha value is -2.43. The highest BCUT2D eigenvalue weighted by Gasteiger charge is 2.33. The molecule has 0 amide bonds. The molecule has 1 unspecified atom stereocenters. The third kappa shape index (κ3) is 2.72. The lowest BCUT2D eigenvalue weighted by molar-refractivity contribution is 0.444. The Morgan fingerprint density at radius 1 is 1.10 bits per heavy atom. The van der Waals surface area contributed by atoms with Crippen molar-refractivity contribution in [2.75, 3.05) is 5.73 Å². The van der Waals surface area contributed by atoms with Gasteiger partial charge in [0.25, 0.3) is 0 Å². The average Bonchev–Trinajstić information content (AvgIpc) is 2.47. The molecule has 110 valence electrons. The van der Waals surface area contributed by atoms with E-state index in [4.69, 9.17) is 16.9 Å². The topological polar surface area (TPSA) is 102 Å². The van der Waals surface area contributed by atoms with Crippen LogP contribution in [-0.4, -0.2) is 15.8 Å². The summed E-state index contributed by atoms with van der Waals surface area (Å²) >= 11 is 0. The highest BCUT2D eigenvalue weighted by Crippen LogP contribution is 2.33. The second kappa shape index (κ2) is 5.52. The second-order valence-electron chi connectivity index (χ2n) is 5.68. The summed E-state index contributed by atoms with van der Waals surface area (Å²) in [5, 5.41) is 7.90. The number of aromatic nitrogens is 2. The Bertz CT molecular complexity index is 631. The van der Waals surface area contributed by atoms with Crippen LogP contribution < -0.4 is 11.5 Å². The van der Waals surface area contributed by atoms with Gasteiger partial charge in [-0.25, -0.2) is 9.97 Å². The van der Waals surface area contributed by atoms with Crippen LogP contribution in [0.1, 0.15) is 26.3 Å². The van der Waals surface area contributed by atoms with E-state index in [2.05, 4.69) is 23.8 Å². The summed E-state index contributed by atoms with van der Waals surface area (Å²) in [5.41, 5.74) is 13.8. The van der Waals surface area contributed by atoms with Gasteiger partial charge in [-0.2, -0.15) is 0 Å². The van der Waals surface area contributed by atoms with Crippen LogP contribution in [0.15, 0.2) is 36.7 Å². The van der Waals surface area contributed by atoms with E-state index in [0.717, 1.165) is 16.7 Å². The van der Waals surface area contributed by atoms with E-state index in [-0.39, 0.29) is 17.7 Å². The summed E-state index contributed by atoms with van der Waals surface area (Å²) < 4.78 is 0. The van der Waals surface area contributed by atoms with Gasteiger partial charge in [0.2, 0.25) is 5.95 Å². The molecule has 0 spiro atoms. The second-order valence-corrected chi connectivity index (χ2v) is 5.68. The summed E-state index contributed by atoms with van der Waals surface area (Å²) in [6, 6.07) is 8.00. The van der Waals surface area contributed by atoms with Crippen LogP contribution in [0.4, 0.5) is 5.95 Å². The van der Waals surface area contributed by atoms with E-state index in [1.807, 2.05) is 31.2 Å². The van der Waals surface area contributed by atoms with Crippen molar-refractivity contribution in [1.82, 2.24) is 9.97 Å². The Balaban J connectivity index is 2.38. The third-order valence-electron chi connectivity index (χ3n) is 4.20. The van der Waals surface area contributed by atoms with E-state index >= 15 is 0 Å². The number of nitrogens with two attached hydrogens (primary N) is 2. The number of nitrogens with one attached hydrogen (secondary N) is 1. The molecule has 1 aromatic heterocycles. The molecule has 1 atom stereocenters. The molecule has 5 nitrogen and oxygen atoms in total. The summed E-state index contributed by atoms with van der Waals surface area (Å²) in [5.74, 6) is 0.682. The molecule has 1 aromatic carbocycles. The first-order chi connectivity index (χ1) is 9.85. The van der Waals surface area contributed by atoms with Crippen LogP contribution in [-0.2, 0) is 5.41 Å². The van der Waals surface area contributed by atoms with E-state index in [0.29, 0.717) is 0 Å². The predicted molar refractivity (Wildman–Crippen MR) is 86.0 cm³/mol. The third-order valence-corrected chi connectivity index (χ3v) is 4.20. The SMILES string of the molecule is CC(C)C(C)(C(=N)N)c1ccc(-c2cnc(N)nc2)cc1. The van der Waals surface area contributed by atoms with Gasteiger partial charge in [0.1, 0.15) is 5.84 Å². The molecular formula is C16H21N5. The number of amidine groups is 1. The molecular weight excluding hydrogens is 262 g/mol. The van der Waals surface area contributed by atoms with E-state index in [1.54, 1.807) is 12.4 Å². The fraction of sp³-hybridized carbons (Fsp3) is 0.312. The minimum absolute atomic E-state index is 0.182. The monoisotopic (exact) mass is 283 g/mol. The van der Waals surface area contributed by atoms with Crippen molar-refractivity contribution in [2.24, 2.45) is 11.7 Å². The zero-order valence-corrected chi connectivity index (χ0v) is 12.6. The first kappa shape index (κ1) is 15.0. The molecule has 2 rings (SSSR count). The van der Waals surface area contributed by atoms with Crippen molar-refractivity contribution in [3.63, 3.8) is 0 Å². The molecule has 21 heavy (non-hydrogen) atoms. The number of anilines is 1. The smallest absolute Gasteiger partial charge is 0.219 e. The fourth-order valence-electron chi connectivity index (χ4n) is 2.30. The van der Waals surface area contributed by atoms with E-state index in [1.165, 1.54) is 0 Å². The van der Waals surface area contributed by atoms with Gasteiger partial charge in [-0.1, -0.05) is 38.1 Å². The van der Waals surface area contributed by atoms with Gasteiger partial charge in [0.15, 0.2) is 0 Å². The van der Waals surface area contributed by atoms with Crippen molar-refractivity contribution in [3.05, 3.63) is 42.2 Å². The lowest BCUT2D eigenvalue weighted by Crippen LogP contribution is -2.42. The number of rotatable bonds is 4. The fourth-order valence-corrected chi connectivity index (χ4v) is 2.30. The van der Waals surface area contributed by atoms with Crippen LogP contribution in [0.3, 0.4) is 0 Å². The van der Waals surface area contributed by atoms with Crippen molar-refractivity contribution in [1.29, 1.82) is 5.41 Å². The molecule has 1 heterocycles. The lowest BCUT2D eigenvalue weighted by atomic mass is 9.72. The van der Waals surface area contributed by atoms with Gasteiger partial charge < -0.3 is 11.5 Å². The minimum Gasteiger partial charge on any atom is -0.387 e. The Morgan fingerprint density at radius 3 is 2.05 bits per heavy atom. The number of hydrogen-bond donors (Lipinski definition) is 3. The largest absolute Gasteiger partial charge is 0.387 e. The van der Waals surface area contributed by atoms with E-state index in [9.17, 15) is 0 Å². The number of hydrogen-bond acceptors (Lipinski definition) is 4. The molecule has 0 aliphatic carbocycles. The number of nitrogen functional groups attached to an aromatic ring is 1. The first-order valence-corrected chi connectivity index (χ1v) is 6.88. The number of nitrogens with zero attached hydrogens (tertiary/aromatic N) is 2. The highest BCUT2D eigenvalue weighted by atomic mass is 15.0. The Labute approximate surface area is 124 Å². The lowest BCUT2D eigenvalue weighted by Gasteiger charge is -2.33. The highest BCUT2D eigenvalue weighted by molar-refractivity contribution is 5.89. The maximum Gasteiger partial charge on any atom is 0.219 e. The molecule has 0 saturated heterocycles.